The van der Waals surface area contributed by atoms with Crippen molar-refractivity contribution in [3.8, 4) is 0 Å². The maximum absolute atomic E-state index is 14.1. The number of sulfonamides is 1. The van der Waals surface area contributed by atoms with Gasteiger partial charge in [-0.3, -0.25) is 13.9 Å². The molecule has 1 atom stereocenters. The van der Waals surface area contributed by atoms with Crippen molar-refractivity contribution < 1.29 is 18.0 Å². The summed E-state index contributed by atoms with van der Waals surface area (Å²) < 4.78 is 27.2. The quantitative estimate of drug-likeness (QED) is 0.400. The molecular formula is C31H39N3O4S. The third-order valence-electron chi connectivity index (χ3n) is 6.33. The van der Waals surface area contributed by atoms with Crippen molar-refractivity contribution >= 4 is 27.5 Å². The minimum absolute atomic E-state index is 0.152. The van der Waals surface area contributed by atoms with Gasteiger partial charge < -0.3 is 10.2 Å². The van der Waals surface area contributed by atoms with Gasteiger partial charge in [0.25, 0.3) is 0 Å². The van der Waals surface area contributed by atoms with Gasteiger partial charge in [-0.2, -0.15) is 0 Å². The van der Waals surface area contributed by atoms with Gasteiger partial charge in [-0.05, 0) is 56.9 Å². The molecule has 0 heterocycles. The number of aryl methyl sites for hydroxylation is 2. The maximum Gasteiger partial charge on any atom is 0.244 e. The molecule has 0 aliphatic heterocycles. The Balaban J connectivity index is 2.09. The van der Waals surface area contributed by atoms with Crippen LogP contribution in [-0.2, 0) is 32.6 Å². The van der Waals surface area contributed by atoms with E-state index in [2.05, 4.69) is 5.32 Å². The second kappa shape index (κ2) is 12.5. The Labute approximate surface area is 232 Å². The van der Waals surface area contributed by atoms with E-state index in [4.69, 9.17) is 0 Å². The van der Waals surface area contributed by atoms with E-state index in [1.54, 1.807) is 0 Å². The summed E-state index contributed by atoms with van der Waals surface area (Å²) >= 11 is 0. The molecule has 0 aromatic heterocycles. The van der Waals surface area contributed by atoms with Crippen LogP contribution in [0.15, 0.2) is 78.9 Å². The lowest BCUT2D eigenvalue weighted by Gasteiger charge is -2.35. The van der Waals surface area contributed by atoms with Gasteiger partial charge in [-0.25, -0.2) is 8.42 Å². The van der Waals surface area contributed by atoms with Crippen LogP contribution in [-0.4, -0.2) is 49.5 Å². The monoisotopic (exact) mass is 549 g/mol. The molecule has 2 amide bonds. The van der Waals surface area contributed by atoms with Crippen LogP contribution in [0.4, 0.5) is 5.69 Å². The van der Waals surface area contributed by atoms with Crippen molar-refractivity contribution in [3.05, 3.63) is 101 Å². The van der Waals surface area contributed by atoms with Crippen molar-refractivity contribution in [1.29, 1.82) is 0 Å². The van der Waals surface area contributed by atoms with Crippen LogP contribution in [0.2, 0.25) is 0 Å². The van der Waals surface area contributed by atoms with Gasteiger partial charge in [0.1, 0.15) is 12.6 Å². The number of benzene rings is 3. The Morgan fingerprint density at radius 3 is 1.82 bits per heavy atom. The summed E-state index contributed by atoms with van der Waals surface area (Å²) in [5.74, 6) is -0.759. The molecule has 3 aromatic carbocycles. The Kier molecular flexibility index (Phi) is 9.56. The zero-order valence-corrected chi connectivity index (χ0v) is 24.5. The smallest absolute Gasteiger partial charge is 0.244 e. The van der Waals surface area contributed by atoms with E-state index in [1.807, 2.05) is 113 Å². The lowest BCUT2D eigenvalue weighted by Crippen LogP contribution is -2.56. The summed E-state index contributed by atoms with van der Waals surface area (Å²) in [6, 6.07) is 23.6. The fourth-order valence-corrected chi connectivity index (χ4v) is 5.53. The summed E-state index contributed by atoms with van der Waals surface area (Å²) in [5.41, 5.74) is 3.18. The highest BCUT2D eigenvalue weighted by Gasteiger charge is 2.34. The number of carbonyl (C=O) groups is 2. The van der Waals surface area contributed by atoms with E-state index in [1.165, 1.54) is 4.90 Å². The molecule has 3 aromatic rings. The first-order valence-electron chi connectivity index (χ1n) is 13.0. The number of anilines is 1. The molecule has 3 rings (SSSR count). The summed E-state index contributed by atoms with van der Waals surface area (Å²) in [4.78, 5) is 29.4. The van der Waals surface area contributed by atoms with Crippen molar-refractivity contribution in [2.75, 3.05) is 17.1 Å². The van der Waals surface area contributed by atoms with Crippen LogP contribution in [0, 0.1) is 13.8 Å². The van der Waals surface area contributed by atoms with E-state index < -0.39 is 34.1 Å². The van der Waals surface area contributed by atoms with Gasteiger partial charge in [0.05, 0.1) is 11.9 Å². The van der Waals surface area contributed by atoms with Crippen molar-refractivity contribution in [1.82, 2.24) is 10.2 Å². The Bertz CT molecular complexity index is 1360. The van der Waals surface area contributed by atoms with Crippen molar-refractivity contribution in [2.45, 2.75) is 59.2 Å². The molecule has 0 saturated heterocycles. The Hall–Kier alpha value is -3.65. The summed E-state index contributed by atoms with van der Waals surface area (Å²) in [7, 11) is -3.81. The average molecular weight is 550 g/mol. The first-order chi connectivity index (χ1) is 18.3. The lowest BCUT2D eigenvalue weighted by atomic mass is 10.0. The van der Waals surface area contributed by atoms with Crippen LogP contribution < -0.4 is 9.62 Å². The van der Waals surface area contributed by atoms with Crippen LogP contribution in [0.5, 0.6) is 0 Å². The summed E-state index contributed by atoms with van der Waals surface area (Å²) in [6.07, 6.45) is 1.38. The second-order valence-electron chi connectivity index (χ2n) is 11.0. The largest absolute Gasteiger partial charge is 0.350 e. The van der Waals surface area contributed by atoms with Crippen LogP contribution in [0.3, 0.4) is 0 Å². The topological polar surface area (TPSA) is 86.8 Å². The number of nitrogens with zero attached hydrogens (tertiary/aromatic N) is 2. The molecule has 208 valence electrons. The minimum Gasteiger partial charge on any atom is -0.350 e. The minimum atomic E-state index is -3.81. The van der Waals surface area contributed by atoms with Crippen molar-refractivity contribution in [3.63, 3.8) is 0 Å². The molecule has 0 fully saturated rings. The molecule has 1 N–H and O–H groups in total. The normalized spacial score (nSPS) is 12.5. The summed E-state index contributed by atoms with van der Waals surface area (Å²) in [5, 5.41) is 3.03. The van der Waals surface area contributed by atoms with Gasteiger partial charge >= 0.3 is 0 Å². The van der Waals surface area contributed by atoms with E-state index in [9.17, 15) is 18.0 Å². The highest BCUT2D eigenvalue weighted by molar-refractivity contribution is 7.92. The number of rotatable bonds is 10. The highest BCUT2D eigenvalue weighted by Crippen LogP contribution is 2.27. The second-order valence-corrected chi connectivity index (χ2v) is 12.9. The number of amides is 2. The molecule has 0 saturated carbocycles. The molecule has 0 aliphatic rings. The van der Waals surface area contributed by atoms with Gasteiger partial charge in [-0.1, -0.05) is 78.9 Å². The molecule has 0 bridgehead atoms. The van der Waals surface area contributed by atoms with E-state index >= 15 is 0 Å². The first kappa shape index (κ1) is 29.9. The SMILES string of the molecule is Cc1cccc(C)c1N(CC(=O)N(Cc1ccccc1)C(Cc1ccccc1)C(=O)NC(C)(C)C)S(C)(=O)=O. The molecule has 0 spiro atoms. The third kappa shape index (κ3) is 8.42. The number of nitrogens with one attached hydrogen (secondary N) is 1. The van der Waals surface area contributed by atoms with Gasteiger partial charge in [0, 0.05) is 18.5 Å². The zero-order chi connectivity index (χ0) is 28.8. The first-order valence-corrected chi connectivity index (χ1v) is 14.8. The molecular weight excluding hydrogens is 510 g/mol. The van der Waals surface area contributed by atoms with Crippen LogP contribution in [0.25, 0.3) is 0 Å². The molecule has 7 nitrogen and oxygen atoms in total. The Morgan fingerprint density at radius 2 is 1.33 bits per heavy atom. The average Bonchev–Trinajstić information content (AvgIpc) is 2.85. The van der Waals surface area contributed by atoms with Gasteiger partial charge in [0.15, 0.2) is 0 Å². The van der Waals surface area contributed by atoms with E-state index in [0.717, 1.165) is 32.8 Å². The van der Waals surface area contributed by atoms with Crippen molar-refractivity contribution in [2.24, 2.45) is 0 Å². The lowest BCUT2D eigenvalue weighted by molar-refractivity contribution is -0.140. The Morgan fingerprint density at radius 1 is 0.821 bits per heavy atom. The summed E-state index contributed by atoms with van der Waals surface area (Å²) in [6.45, 7) is 9.04. The predicted octanol–water partition coefficient (Wildman–Crippen LogP) is 4.62. The third-order valence-corrected chi connectivity index (χ3v) is 7.45. The fraction of sp³-hybridized carbons (Fsp3) is 0.355. The van der Waals surface area contributed by atoms with Gasteiger partial charge in [0.2, 0.25) is 21.8 Å². The standard InChI is InChI=1S/C31H39N3O4S/c1-23-14-13-15-24(2)29(23)34(39(6,37)38)22-28(35)33(21-26-18-11-8-12-19-26)27(30(36)32-31(3,4)5)20-25-16-9-7-10-17-25/h7-19,27H,20-22H2,1-6H3,(H,32,36). The highest BCUT2D eigenvalue weighted by atomic mass is 32.2. The van der Waals surface area contributed by atoms with E-state index in [0.29, 0.717) is 5.69 Å². The number of hydrogen-bond acceptors (Lipinski definition) is 4. The number of hydrogen-bond donors (Lipinski definition) is 1. The molecule has 0 radical (unpaired) electrons. The van der Waals surface area contributed by atoms with Gasteiger partial charge in [-0.15, -0.1) is 0 Å². The number of carbonyl (C=O) groups excluding carboxylic acids is 2. The fourth-order valence-electron chi connectivity index (χ4n) is 4.56. The maximum atomic E-state index is 14.1. The number of para-hydroxylation sites is 1. The molecule has 39 heavy (non-hydrogen) atoms. The predicted molar refractivity (Wildman–Crippen MR) is 157 cm³/mol. The van der Waals surface area contributed by atoms with Crippen LogP contribution >= 0.6 is 0 Å². The zero-order valence-electron chi connectivity index (χ0n) is 23.6. The van der Waals surface area contributed by atoms with E-state index in [-0.39, 0.29) is 18.9 Å². The molecule has 1 unspecified atom stereocenters. The molecule has 0 aliphatic carbocycles. The molecule has 8 heteroatoms. The van der Waals surface area contributed by atoms with Crippen LogP contribution in [0.1, 0.15) is 43.0 Å².